The zero-order valence-electron chi connectivity index (χ0n) is 14.9. The van der Waals surface area contributed by atoms with Crippen molar-refractivity contribution in [1.29, 1.82) is 0 Å². The highest BCUT2D eigenvalue weighted by Gasteiger charge is 2.65. The first-order valence-electron chi connectivity index (χ1n) is 8.54. The summed E-state index contributed by atoms with van der Waals surface area (Å²) in [5, 5.41) is 9.56. The van der Waals surface area contributed by atoms with Gasteiger partial charge in [0.15, 0.2) is 16.3 Å². The summed E-state index contributed by atoms with van der Waals surface area (Å²) in [6.07, 6.45) is -8.13. The maximum atomic E-state index is 13.5. The smallest absolute Gasteiger partial charge is 0.421 e. The molecule has 0 radical (unpaired) electrons. The molecule has 0 saturated carbocycles. The number of halogens is 4. The first kappa shape index (κ1) is 19.7. The second-order valence-corrected chi connectivity index (χ2v) is 7.86. The fourth-order valence-electron chi connectivity index (χ4n) is 2.99. The molecule has 1 fully saturated rings. The molecule has 0 spiro atoms. The minimum Gasteiger partial charge on any atom is -0.421 e. The lowest BCUT2D eigenvalue weighted by molar-refractivity contribution is -0.391. The largest absolute Gasteiger partial charge is 0.507 e. The number of hydrogen-bond donors (Lipinski definition) is 1. The molecule has 1 aromatic heterocycles. The molecule has 0 bridgehead atoms. The average molecular weight is 433 g/mol. The molecular weight excluding hydrogens is 418 g/mol. The number of fused-ring (bicyclic) bond motifs is 1. The van der Waals surface area contributed by atoms with Crippen molar-refractivity contribution in [1.82, 2.24) is 9.47 Å². The first-order valence-corrected chi connectivity index (χ1v) is 9.36. The van der Waals surface area contributed by atoms with E-state index in [4.69, 9.17) is 0 Å². The topological polar surface area (TPSA) is 76.3 Å². The lowest BCUT2D eigenvalue weighted by Gasteiger charge is -2.31. The lowest BCUT2D eigenvalue weighted by atomic mass is 10.2. The van der Waals surface area contributed by atoms with Crippen molar-refractivity contribution in [2.45, 2.75) is 31.7 Å². The Kier molecular flexibility index (Phi) is 4.57. The Morgan fingerprint density at radius 3 is 2.59 bits per heavy atom. The number of benzene rings is 1. The monoisotopic (exact) mass is 433 g/mol. The Balaban J connectivity index is 1.70. The molecule has 2 amide bonds. The van der Waals surface area contributed by atoms with Gasteiger partial charge in [0.25, 0.3) is 0 Å². The summed E-state index contributed by atoms with van der Waals surface area (Å²) >= 11 is 1.18. The molecular formula is C17H15F4N3O4S. The number of amides is 2. The van der Waals surface area contributed by atoms with Crippen molar-refractivity contribution >= 4 is 17.4 Å². The number of urea groups is 1. The number of carbonyl (C=O) groups is 1. The third kappa shape index (κ3) is 3.57. The highest BCUT2D eigenvalue weighted by molar-refractivity contribution is 7.09. The molecule has 0 aliphatic carbocycles. The number of nitrogens with zero attached hydrogens (tertiary/aromatic N) is 3. The number of ether oxygens (including phenoxy) is 2. The zero-order valence-corrected chi connectivity index (χ0v) is 15.8. The molecule has 29 heavy (non-hydrogen) atoms. The third-order valence-corrected chi connectivity index (χ3v) is 5.31. The van der Waals surface area contributed by atoms with Crippen LogP contribution in [0.1, 0.15) is 11.3 Å². The van der Waals surface area contributed by atoms with Crippen LogP contribution in [-0.4, -0.2) is 52.0 Å². The fourth-order valence-corrected chi connectivity index (χ4v) is 3.82. The molecule has 12 heteroatoms. The second kappa shape index (κ2) is 6.73. The molecule has 2 aliphatic rings. The standard InChI is InChI=1S/C17H15F4N3O4S/c1-9-7-24(15(29-9)22-14(26)23-5-4-11(25)8-23)10-2-3-12-13(6-10)28-17(20,21)16(18,19)27-12/h2-3,6-7,11,25H,4-5,8H2,1H3/t11-/m0/s1. The molecule has 1 atom stereocenters. The van der Waals surface area contributed by atoms with E-state index in [9.17, 15) is 27.5 Å². The summed E-state index contributed by atoms with van der Waals surface area (Å²) < 4.78 is 63.2. The fraction of sp³-hybridized carbons (Fsp3) is 0.412. The van der Waals surface area contributed by atoms with Gasteiger partial charge in [0, 0.05) is 30.2 Å². The summed E-state index contributed by atoms with van der Waals surface area (Å²) in [5.41, 5.74) is 0.269. The van der Waals surface area contributed by atoms with Crippen molar-refractivity contribution in [3.63, 3.8) is 0 Å². The van der Waals surface area contributed by atoms with Gasteiger partial charge in [-0.2, -0.15) is 22.6 Å². The molecule has 0 unspecified atom stereocenters. The second-order valence-electron chi connectivity index (χ2n) is 6.65. The average Bonchev–Trinajstić information content (AvgIpc) is 3.21. The van der Waals surface area contributed by atoms with Crippen LogP contribution in [-0.2, 0) is 0 Å². The van der Waals surface area contributed by atoms with E-state index in [-0.39, 0.29) is 17.0 Å². The molecule has 156 valence electrons. The van der Waals surface area contributed by atoms with Crippen LogP contribution in [0.5, 0.6) is 11.5 Å². The number of aliphatic hydroxyl groups is 1. The van der Waals surface area contributed by atoms with Crippen LogP contribution >= 0.6 is 11.3 Å². The number of aromatic nitrogens is 1. The highest BCUT2D eigenvalue weighted by atomic mass is 32.1. The third-order valence-electron chi connectivity index (χ3n) is 4.42. The van der Waals surface area contributed by atoms with Crippen molar-refractivity contribution in [2.24, 2.45) is 4.99 Å². The Bertz CT molecular complexity index is 1040. The Labute approximate surface area is 165 Å². The summed E-state index contributed by atoms with van der Waals surface area (Å²) in [6, 6.07) is 3.00. The van der Waals surface area contributed by atoms with Crippen LogP contribution in [0.2, 0.25) is 0 Å². The number of aliphatic hydroxyl groups excluding tert-OH is 1. The lowest BCUT2D eigenvalue weighted by Crippen LogP contribution is -2.52. The molecule has 1 N–H and O–H groups in total. The van der Waals surface area contributed by atoms with Crippen LogP contribution in [0.15, 0.2) is 29.4 Å². The Morgan fingerprint density at radius 1 is 1.24 bits per heavy atom. The molecule has 2 aromatic rings. The van der Waals surface area contributed by atoms with Gasteiger partial charge in [-0.3, -0.25) is 4.57 Å². The SMILES string of the molecule is Cc1cn(-c2ccc3c(c2)OC(F)(F)C(F)(F)O3)c(=NC(=O)N2CC[C@H](O)C2)s1. The van der Waals surface area contributed by atoms with Gasteiger partial charge in [0.2, 0.25) is 0 Å². The van der Waals surface area contributed by atoms with Crippen LogP contribution in [0.4, 0.5) is 22.4 Å². The first-order chi connectivity index (χ1) is 13.6. The maximum absolute atomic E-state index is 13.5. The van der Waals surface area contributed by atoms with Gasteiger partial charge < -0.3 is 19.5 Å². The molecule has 3 heterocycles. The van der Waals surface area contributed by atoms with Crippen LogP contribution in [0.25, 0.3) is 5.69 Å². The van der Waals surface area contributed by atoms with Gasteiger partial charge in [-0.25, -0.2) is 4.79 Å². The Morgan fingerprint density at radius 2 is 1.93 bits per heavy atom. The number of β-amino-alcohol motifs (C(OH)–C–C–N with tert-alkyl or cyclic N) is 1. The number of carbonyl (C=O) groups excluding carboxylic acids is 1. The molecule has 1 saturated heterocycles. The predicted octanol–water partition coefficient (Wildman–Crippen LogP) is 2.89. The van der Waals surface area contributed by atoms with Gasteiger partial charge in [0.1, 0.15) is 0 Å². The number of hydrogen-bond acceptors (Lipinski definition) is 5. The van der Waals surface area contributed by atoms with E-state index >= 15 is 0 Å². The van der Waals surface area contributed by atoms with Crippen LogP contribution in [0, 0.1) is 6.92 Å². The van der Waals surface area contributed by atoms with Gasteiger partial charge >= 0.3 is 18.2 Å². The number of rotatable bonds is 1. The quantitative estimate of drug-likeness (QED) is 0.702. The minimum atomic E-state index is -4.83. The van der Waals surface area contributed by atoms with E-state index in [1.165, 1.54) is 26.9 Å². The number of aryl methyl sites for hydroxylation is 1. The summed E-state index contributed by atoms with van der Waals surface area (Å²) in [5.74, 6) is -1.09. The van der Waals surface area contributed by atoms with Crippen molar-refractivity contribution in [3.05, 3.63) is 34.1 Å². The van der Waals surface area contributed by atoms with Crippen molar-refractivity contribution in [2.75, 3.05) is 13.1 Å². The predicted molar refractivity (Wildman–Crippen MR) is 92.7 cm³/mol. The van der Waals surface area contributed by atoms with E-state index in [1.54, 1.807) is 13.1 Å². The van der Waals surface area contributed by atoms with Gasteiger partial charge in [-0.15, -0.1) is 11.3 Å². The van der Waals surface area contributed by atoms with Crippen LogP contribution in [0.3, 0.4) is 0 Å². The zero-order chi connectivity index (χ0) is 21.0. The molecule has 7 nitrogen and oxygen atoms in total. The van der Waals surface area contributed by atoms with Crippen LogP contribution < -0.4 is 14.3 Å². The van der Waals surface area contributed by atoms with E-state index in [1.807, 2.05) is 0 Å². The normalized spacial score (nSPS) is 22.8. The maximum Gasteiger partial charge on any atom is 0.507 e. The van der Waals surface area contributed by atoms with Gasteiger partial charge in [0.05, 0.1) is 11.8 Å². The summed E-state index contributed by atoms with van der Waals surface area (Å²) in [6.45, 7) is 2.32. The Hall–Kier alpha value is -2.60. The van der Waals surface area contributed by atoms with E-state index < -0.39 is 35.9 Å². The molecule has 2 aliphatic heterocycles. The molecule has 1 aromatic carbocycles. The highest BCUT2D eigenvalue weighted by Crippen LogP contribution is 2.47. The summed E-state index contributed by atoms with van der Waals surface area (Å²) in [4.78, 5) is 18.8. The van der Waals surface area contributed by atoms with Gasteiger partial charge in [-0.1, -0.05) is 0 Å². The van der Waals surface area contributed by atoms with Crippen molar-refractivity contribution in [3.8, 4) is 17.2 Å². The summed E-state index contributed by atoms with van der Waals surface area (Å²) in [7, 11) is 0. The minimum absolute atomic E-state index is 0.181. The number of likely N-dealkylation sites (tertiary alicyclic amines) is 1. The number of thiazole rings is 1. The van der Waals surface area contributed by atoms with E-state index in [2.05, 4.69) is 14.5 Å². The van der Waals surface area contributed by atoms with E-state index in [0.717, 1.165) is 17.0 Å². The van der Waals surface area contributed by atoms with Crippen molar-refractivity contribution < 1.29 is 36.9 Å². The molecule has 4 rings (SSSR count). The van der Waals surface area contributed by atoms with E-state index in [0.29, 0.717) is 13.0 Å². The number of alkyl halides is 4. The van der Waals surface area contributed by atoms with Gasteiger partial charge in [-0.05, 0) is 25.5 Å².